The molecule has 1 saturated heterocycles. The van der Waals surface area contributed by atoms with E-state index in [1.165, 1.54) is 64.2 Å². The summed E-state index contributed by atoms with van der Waals surface area (Å²) in [5, 5.41) is 9.47. The molecule has 0 bridgehead atoms. The highest BCUT2D eigenvalue weighted by atomic mass is 16.5. The Morgan fingerprint density at radius 1 is 0.828 bits per heavy atom. The summed E-state index contributed by atoms with van der Waals surface area (Å²) in [6, 6.07) is 1.06. The molecule has 0 aromatic heterocycles. The van der Waals surface area contributed by atoms with Crippen molar-refractivity contribution in [3.63, 3.8) is 0 Å². The number of nitrogens with zero attached hydrogens (tertiary/aromatic N) is 2. The number of amides is 1. The van der Waals surface area contributed by atoms with Crippen molar-refractivity contribution in [1.29, 1.82) is 0 Å². The van der Waals surface area contributed by atoms with Crippen LogP contribution in [0.15, 0.2) is 0 Å². The quantitative estimate of drug-likeness (QED) is 0.637. The zero-order valence-corrected chi connectivity index (χ0v) is 18.3. The normalized spacial score (nSPS) is 30.0. The highest BCUT2D eigenvalue weighted by Gasteiger charge is 2.33. The van der Waals surface area contributed by atoms with E-state index in [9.17, 15) is 9.90 Å². The monoisotopic (exact) mass is 406 g/mol. The predicted octanol–water partition coefficient (Wildman–Crippen LogP) is 3.45. The number of hydrogen-bond acceptors (Lipinski definition) is 4. The molecule has 1 aliphatic heterocycles. The summed E-state index contributed by atoms with van der Waals surface area (Å²) >= 11 is 0. The highest BCUT2D eigenvalue weighted by Crippen LogP contribution is 2.33. The van der Waals surface area contributed by atoms with Crippen LogP contribution in [-0.4, -0.2) is 72.4 Å². The van der Waals surface area contributed by atoms with Crippen molar-refractivity contribution in [2.45, 2.75) is 89.1 Å². The van der Waals surface area contributed by atoms with Crippen molar-refractivity contribution in [3.8, 4) is 0 Å². The Hall–Kier alpha value is -0.650. The van der Waals surface area contributed by atoms with Crippen molar-refractivity contribution in [3.05, 3.63) is 0 Å². The molecule has 3 saturated carbocycles. The highest BCUT2D eigenvalue weighted by molar-refractivity contribution is 5.77. The zero-order chi connectivity index (χ0) is 20.1. The van der Waals surface area contributed by atoms with Gasteiger partial charge in [0, 0.05) is 44.9 Å². The third kappa shape index (κ3) is 6.18. The van der Waals surface area contributed by atoms with E-state index < -0.39 is 0 Å². The molecule has 1 amide bonds. The van der Waals surface area contributed by atoms with Gasteiger partial charge in [0.2, 0.25) is 5.91 Å². The average molecular weight is 407 g/mol. The number of aliphatic hydroxyl groups is 1. The molecule has 166 valence electrons. The van der Waals surface area contributed by atoms with Crippen molar-refractivity contribution in [1.82, 2.24) is 9.80 Å². The van der Waals surface area contributed by atoms with Gasteiger partial charge in [-0.05, 0) is 82.0 Å². The van der Waals surface area contributed by atoms with Gasteiger partial charge in [-0.3, -0.25) is 4.79 Å². The van der Waals surface area contributed by atoms with Gasteiger partial charge in [-0.1, -0.05) is 12.8 Å². The fourth-order valence-corrected chi connectivity index (χ4v) is 5.94. The summed E-state index contributed by atoms with van der Waals surface area (Å²) in [7, 11) is 0. The van der Waals surface area contributed by atoms with Crippen LogP contribution in [0.5, 0.6) is 0 Å². The lowest BCUT2D eigenvalue weighted by atomic mass is 9.85. The third-order valence-corrected chi connectivity index (χ3v) is 8.06. The van der Waals surface area contributed by atoms with Gasteiger partial charge in [0.25, 0.3) is 0 Å². The van der Waals surface area contributed by atoms with E-state index in [4.69, 9.17) is 4.74 Å². The molecule has 4 fully saturated rings. The summed E-state index contributed by atoms with van der Waals surface area (Å²) in [5.74, 6) is 2.24. The van der Waals surface area contributed by atoms with Crippen LogP contribution in [0.25, 0.3) is 0 Å². The number of ether oxygens (including phenoxy) is 1. The second-order valence-electron chi connectivity index (χ2n) is 10.3. The molecule has 5 heteroatoms. The van der Waals surface area contributed by atoms with E-state index in [-0.39, 0.29) is 12.5 Å². The van der Waals surface area contributed by atoms with Crippen LogP contribution in [0.1, 0.15) is 77.0 Å². The van der Waals surface area contributed by atoms with E-state index in [0.29, 0.717) is 12.0 Å². The molecule has 3 aliphatic carbocycles. The SMILES string of the molecule is O=C(CO)N(CC1CCCC1)C1CCN([C@H]2CC[C@@H](COCC3CC3)CC2)CC1. The van der Waals surface area contributed by atoms with E-state index in [1.807, 2.05) is 4.90 Å². The molecule has 5 nitrogen and oxygen atoms in total. The molecule has 29 heavy (non-hydrogen) atoms. The van der Waals surface area contributed by atoms with E-state index in [2.05, 4.69) is 4.90 Å². The fraction of sp³-hybridized carbons (Fsp3) is 0.958. The molecule has 0 aromatic rings. The van der Waals surface area contributed by atoms with Crippen LogP contribution in [0.2, 0.25) is 0 Å². The van der Waals surface area contributed by atoms with Crippen LogP contribution in [0.3, 0.4) is 0 Å². The van der Waals surface area contributed by atoms with Gasteiger partial charge in [-0.25, -0.2) is 0 Å². The number of hydrogen-bond donors (Lipinski definition) is 1. The Balaban J connectivity index is 1.18. The molecule has 0 spiro atoms. The Morgan fingerprint density at radius 2 is 1.41 bits per heavy atom. The molecule has 1 heterocycles. The van der Waals surface area contributed by atoms with Crippen LogP contribution < -0.4 is 0 Å². The van der Waals surface area contributed by atoms with Gasteiger partial charge < -0.3 is 19.6 Å². The molecular formula is C24H42N2O3. The lowest BCUT2D eigenvalue weighted by molar-refractivity contribution is -0.138. The number of likely N-dealkylation sites (tertiary alicyclic amines) is 1. The predicted molar refractivity (Wildman–Crippen MR) is 115 cm³/mol. The first-order chi connectivity index (χ1) is 14.2. The van der Waals surface area contributed by atoms with E-state index in [0.717, 1.165) is 63.6 Å². The van der Waals surface area contributed by atoms with Gasteiger partial charge in [0.05, 0.1) is 0 Å². The zero-order valence-electron chi connectivity index (χ0n) is 18.3. The fourth-order valence-electron chi connectivity index (χ4n) is 5.94. The molecular weight excluding hydrogens is 364 g/mol. The van der Waals surface area contributed by atoms with Gasteiger partial charge in [-0.15, -0.1) is 0 Å². The summed E-state index contributed by atoms with van der Waals surface area (Å²) in [5.41, 5.74) is 0. The van der Waals surface area contributed by atoms with Crippen LogP contribution in [0.4, 0.5) is 0 Å². The maximum atomic E-state index is 12.4. The number of aliphatic hydroxyl groups excluding tert-OH is 1. The Labute approximate surface area is 177 Å². The number of piperidine rings is 1. The van der Waals surface area contributed by atoms with Crippen molar-refractivity contribution in [2.75, 3.05) is 39.5 Å². The minimum atomic E-state index is -0.334. The first kappa shape index (κ1) is 21.6. The van der Waals surface area contributed by atoms with Crippen LogP contribution >= 0.6 is 0 Å². The Kier molecular flexibility index (Phi) is 7.88. The van der Waals surface area contributed by atoms with Crippen molar-refractivity contribution < 1.29 is 14.6 Å². The third-order valence-electron chi connectivity index (χ3n) is 8.06. The molecule has 0 radical (unpaired) electrons. The largest absolute Gasteiger partial charge is 0.387 e. The first-order valence-electron chi connectivity index (χ1n) is 12.4. The van der Waals surface area contributed by atoms with E-state index >= 15 is 0 Å². The second kappa shape index (κ2) is 10.6. The smallest absolute Gasteiger partial charge is 0.248 e. The second-order valence-corrected chi connectivity index (χ2v) is 10.3. The van der Waals surface area contributed by atoms with Crippen LogP contribution in [0, 0.1) is 17.8 Å². The minimum absolute atomic E-state index is 0.0537. The van der Waals surface area contributed by atoms with Crippen LogP contribution in [-0.2, 0) is 9.53 Å². The van der Waals surface area contributed by atoms with Gasteiger partial charge in [0.1, 0.15) is 6.61 Å². The summed E-state index contributed by atoms with van der Waals surface area (Å²) < 4.78 is 5.93. The molecule has 0 atom stereocenters. The average Bonchev–Trinajstić information content (AvgIpc) is 3.44. The molecule has 0 unspecified atom stereocenters. The standard InChI is InChI=1S/C24H42N2O3/c27-16-24(28)26(15-19-3-1-2-4-19)23-11-13-25(14-12-23)22-9-7-21(8-10-22)18-29-17-20-5-6-20/h19-23,27H,1-18H2/t21-,22+. The van der Waals surface area contributed by atoms with E-state index in [1.54, 1.807) is 0 Å². The topological polar surface area (TPSA) is 53.0 Å². The summed E-state index contributed by atoms with van der Waals surface area (Å²) in [6.07, 6.45) is 15.3. The minimum Gasteiger partial charge on any atom is -0.387 e. The van der Waals surface area contributed by atoms with Gasteiger partial charge in [0.15, 0.2) is 0 Å². The maximum Gasteiger partial charge on any atom is 0.248 e. The number of carbonyl (C=O) groups is 1. The summed E-state index contributed by atoms with van der Waals surface area (Å²) in [4.78, 5) is 17.1. The molecule has 4 rings (SSSR count). The Morgan fingerprint density at radius 3 is 1.97 bits per heavy atom. The molecule has 1 N–H and O–H groups in total. The lowest BCUT2D eigenvalue weighted by Crippen LogP contribution is -2.52. The summed E-state index contributed by atoms with van der Waals surface area (Å²) in [6.45, 7) is 4.73. The lowest BCUT2D eigenvalue weighted by Gasteiger charge is -2.44. The molecule has 4 aliphatic rings. The Bertz CT molecular complexity index is 502. The first-order valence-corrected chi connectivity index (χ1v) is 12.4. The van der Waals surface area contributed by atoms with Gasteiger partial charge >= 0.3 is 0 Å². The van der Waals surface area contributed by atoms with Crippen molar-refractivity contribution >= 4 is 5.91 Å². The maximum absolute atomic E-state index is 12.4. The van der Waals surface area contributed by atoms with Crippen molar-refractivity contribution in [2.24, 2.45) is 17.8 Å². The van der Waals surface area contributed by atoms with Gasteiger partial charge in [-0.2, -0.15) is 0 Å². The molecule has 0 aromatic carbocycles. The number of rotatable bonds is 9. The number of carbonyl (C=O) groups excluding carboxylic acids is 1.